The largest absolute Gasteiger partial charge is 0.415 e. The molecule has 0 radical (unpaired) electrons. The summed E-state index contributed by atoms with van der Waals surface area (Å²) in [5, 5.41) is 0.550. The topological polar surface area (TPSA) is 46.6 Å². The van der Waals surface area contributed by atoms with Gasteiger partial charge >= 0.3 is 6.09 Å². The van der Waals surface area contributed by atoms with Crippen LogP contribution in [0.4, 0.5) is 4.79 Å². The molecule has 6 heteroatoms. The summed E-state index contributed by atoms with van der Waals surface area (Å²) in [6.45, 7) is 0.333. The minimum absolute atomic E-state index is 0.125. The summed E-state index contributed by atoms with van der Waals surface area (Å²) in [7, 11) is 0. The molecule has 0 bridgehead atoms. The van der Waals surface area contributed by atoms with Crippen LogP contribution in [0, 0.1) is 0 Å². The molecule has 1 unspecified atom stereocenters. The molecule has 1 atom stereocenters. The number of ether oxygens (including phenoxy) is 1. The van der Waals surface area contributed by atoms with Gasteiger partial charge in [-0.25, -0.2) is 4.79 Å². The highest BCUT2D eigenvalue weighted by atomic mass is 79.9. The summed E-state index contributed by atoms with van der Waals surface area (Å²) in [5.41, 5.74) is 0.812. The van der Waals surface area contributed by atoms with E-state index in [0.29, 0.717) is 23.7 Å². The third-order valence-corrected chi connectivity index (χ3v) is 4.56. The van der Waals surface area contributed by atoms with Gasteiger partial charge in [0.1, 0.15) is 11.5 Å². The molecule has 0 aromatic heterocycles. The second-order valence-electron chi connectivity index (χ2n) is 5.59. The van der Waals surface area contributed by atoms with Gasteiger partial charge in [-0.05, 0) is 35.9 Å². The molecule has 1 aliphatic heterocycles. The van der Waals surface area contributed by atoms with Crippen molar-refractivity contribution in [3.05, 3.63) is 63.6 Å². The van der Waals surface area contributed by atoms with Gasteiger partial charge in [0.05, 0.1) is 6.04 Å². The SMILES string of the molecule is O=C1CCN(C(=O)Oc2ccccc2)C(c2cc(Cl)cc(Br)c2)C1. The van der Waals surface area contributed by atoms with Crippen molar-refractivity contribution in [2.75, 3.05) is 6.54 Å². The highest BCUT2D eigenvalue weighted by Gasteiger charge is 2.33. The van der Waals surface area contributed by atoms with Crippen molar-refractivity contribution < 1.29 is 14.3 Å². The van der Waals surface area contributed by atoms with Crippen LogP contribution in [0.25, 0.3) is 0 Å². The highest BCUT2D eigenvalue weighted by Crippen LogP contribution is 2.33. The van der Waals surface area contributed by atoms with Crippen molar-refractivity contribution in [3.8, 4) is 5.75 Å². The number of nitrogens with zero attached hydrogens (tertiary/aromatic N) is 1. The highest BCUT2D eigenvalue weighted by molar-refractivity contribution is 9.10. The minimum Gasteiger partial charge on any atom is -0.410 e. The first-order chi connectivity index (χ1) is 11.5. The van der Waals surface area contributed by atoms with Crippen molar-refractivity contribution >= 4 is 39.4 Å². The first-order valence-corrected chi connectivity index (χ1v) is 8.71. The van der Waals surface area contributed by atoms with Gasteiger partial charge in [0.2, 0.25) is 0 Å². The van der Waals surface area contributed by atoms with Crippen LogP contribution in [-0.2, 0) is 4.79 Å². The maximum absolute atomic E-state index is 12.6. The van der Waals surface area contributed by atoms with Crippen molar-refractivity contribution in [1.82, 2.24) is 4.90 Å². The molecular weight excluding hydrogens is 394 g/mol. The lowest BCUT2D eigenvalue weighted by Gasteiger charge is -2.34. The zero-order valence-corrected chi connectivity index (χ0v) is 15.1. The first kappa shape index (κ1) is 17.0. The molecule has 0 spiro atoms. The summed E-state index contributed by atoms with van der Waals surface area (Å²) in [6, 6.07) is 13.9. The number of carbonyl (C=O) groups is 2. The molecule has 3 rings (SSSR count). The van der Waals surface area contributed by atoms with Crippen molar-refractivity contribution in [3.63, 3.8) is 0 Å². The molecule has 0 aliphatic carbocycles. The van der Waals surface area contributed by atoms with Crippen LogP contribution in [0.15, 0.2) is 53.0 Å². The van der Waals surface area contributed by atoms with Crippen LogP contribution in [0.5, 0.6) is 5.75 Å². The number of ketones is 1. The van der Waals surface area contributed by atoms with Crippen LogP contribution in [-0.4, -0.2) is 23.3 Å². The average Bonchev–Trinajstić information content (AvgIpc) is 2.54. The van der Waals surface area contributed by atoms with E-state index in [0.717, 1.165) is 10.0 Å². The number of likely N-dealkylation sites (tertiary alicyclic amines) is 1. The Kier molecular flexibility index (Phi) is 5.21. The van der Waals surface area contributed by atoms with Gasteiger partial charge in [-0.1, -0.05) is 45.7 Å². The third kappa shape index (κ3) is 3.97. The number of benzene rings is 2. The lowest BCUT2D eigenvalue weighted by Crippen LogP contribution is -2.42. The Bertz CT molecular complexity index is 746. The molecule has 1 heterocycles. The smallest absolute Gasteiger partial charge is 0.410 e. The number of para-hydroxylation sites is 1. The number of Topliss-reactive ketones (excluding diaryl/α,β-unsaturated/α-hetero) is 1. The molecule has 1 amide bonds. The summed E-state index contributed by atoms with van der Waals surface area (Å²) in [5.74, 6) is 0.602. The fraction of sp³-hybridized carbons (Fsp3) is 0.222. The molecule has 0 N–H and O–H groups in total. The standard InChI is InChI=1S/C18H15BrClNO3/c19-13-8-12(9-14(20)10-13)17-11-15(22)6-7-21(17)18(23)24-16-4-2-1-3-5-16/h1-5,8-10,17H,6-7,11H2. The Balaban J connectivity index is 1.86. The fourth-order valence-corrected chi connectivity index (χ4v) is 3.65. The third-order valence-electron chi connectivity index (χ3n) is 3.88. The van der Waals surface area contributed by atoms with Crippen molar-refractivity contribution in [1.29, 1.82) is 0 Å². The normalized spacial score (nSPS) is 17.7. The van der Waals surface area contributed by atoms with E-state index in [-0.39, 0.29) is 18.2 Å². The number of piperidine rings is 1. The summed E-state index contributed by atoms with van der Waals surface area (Å²) in [4.78, 5) is 26.1. The van der Waals surface area contributed by atoms with E-state index in [4.69, 9.17) is 16.3 Å². The Labute approximate surface area is 153 Å². The van der Waals surface area contributed by atoms with Gasteiger partial charge in [-0.3, -0.25) is 9.69 Å². The quantitative estimate of drug-likeness (QED) is 0.702. The van der Waals surface area contributed by atoms with E-state index < -0.39 is 6.09 Å². The number of hydrogen-bond acceptors (Lipinski definition) is 3. The summed E-state index contributed by atoms with van der Waals surface area (Å²) >= 11 is 9.51. The minimum atomic E-state index is -0.463. The maximum Gasteiger partial charge on any atom is 0.415 e. The van der Waals surface area contributed by atoms with Crippen LogP contribution in [0.2, 0.25) is 5.02 Å². The van der Waals surface area contributed by atoms with Crippen LogP contribution in [0.3, 0.4) is 0 Å². The number of amides is 1. The molecule has 4 nitrogen and oxygen atoms in total. The average molecular weight is 409 g/mol. The Morgan fingerprint density at radius 3 is 2.67 bits per heavy atom. The molecule has 2 aromatic carbocycles. The number of carbonyl (C=O) groups excluding carboxylic acids is 2. The monoisotopic (exact) mass is 407 g/mol. The van der Waals surface area contributed by atoms with Crippen LogP contribution in [0.1, 0.15) is 24.4 Å². The molecule has 1 saturated heterocycles. The predicted octanol–water partition coefficient (Wildman–Crippen LogP) is 5.01. The van der Waals surface area contributed by atoms with Crippen molar-refractivity contribution in [2.45, 2.75) is 18.9 Å². The molecule has 124 valence electrons. The van der Waals surface area contributed by atoms with Gasteiger partial charge in [-0.15, -0.1) is 0 Å². The van der Waals surface area contributed by atoms with Crippen molar-refractivity contribution in [2.24, 2.45) is 0 Å². The lowest BCUT2D eigenvalue weighted by molar-refractivity contribution is -0.122. The lowest BCUT2D eigenvalue weighted by atomic mass is 9.95. The zero-order chi connectivity index (χ0) is 17.1. The second kappa shape index (κ2) is 7.36. The Morgan fingerprint density at radius 1 is 1.21 bits per heavy atom. The zero-order valence-electron chi connectivity index (χ0n) is 12.7. The molecule has 0 saturated carbocycles. The van der Waals surface area contributed by atoms with Crippen LogP contribution >= 0.6 is 27.5 Å². The van der Waals surface area contributed by atoms with E-state index >= 15 is 0 Å². The number of hydrogen-bond donors (Lipinski definition) is 0. The summed E-state index contributed by atoms with van der Waals surface area (Å²) < 4.78 is 6.24. The Hall–Kier alpha value is -1.85. The van der Waals surface area contributed by atoms with Gasteiger partial charge in [0.15, 0.2) is 0 Å². The van der Waals surface area contributed by atoms with E-state index in [1.807, 2.05) is 12.1 Å². The van der Waals surface area contributed by atoms with Crippen LogP contribution < -0.4 is 4.74 Å². The molecular formula is C18H15BrClNO3. The number of rotatable bonds is 2. The molecule has 1 aliphatic rings. The van der Waals surface area contributed by atoms with E-state index in [1.54, 1.807) is 41.3 Å². The first-order valence-electron chi connectivity index (χ1n) is 7.54. The maximum atomic E-state index is 12.6. The van der Waals surface area contributed by atoms with E-state index in [2.05, 4.69) is 15.9 Å². The molecule has 1 fully saturated rings. The van der Waals surface area contributed by atoms with Gasteiger partial charge < -0.3 is 4.74 Å². The summed E-state index contributed by atoms with van der Waals surface area (Å²) in [6.07, 6.45) is 0.133. The number of halogens is 2. The van der Waals surface area contributed by atoms with E-state index in [9.17, 15) is 9.59 Å². The second-order valence-corrected chi connectivity index (χ2v) is 6.94. The Morgan fingerprint density at radius 2 is 1.96 bits per heavy atom. The fourth-order valence-electron chi connectivity index (χ4n) is 2.76. The van der Waals surface area contributed by atoms with Gasteiger partial charge in [0.25, 0.3) is 0 Å². The van der Waals surface area contributed by atoms with E-state index in [1.165, 1.54) is 0 Å². The van der Waals surface area contributed by atoms with Gasteiger partial charge in [-0.2, -0.15) is 0 Å². The molecule has 2 aromatic rings. The predicted molar refractivity (Wildman–Crippen MR) is 95.3 cm³/mol. The van der Waals surface area contributed by atoms with Gasteiger partial charge in [0, 0.05) is 28.9 Å². The molecule has 24 heavy (non-hydrogen) atoms.